The van der Waals surface area contributed by atoms with Crippen LogP contribution in [0.15, 0.2) is 18.2 Å². The normalized spacial score (nSPS) is 13.2. The van der Waals surface area contributed by atoms with Crippen molar-refractivity contribution in [3.63, 3.8) is 0 Å². The average Bonchev–Trinajstić information content (AvgIpc) is 3.60. The largest absolute Gasteiger partial charge is 2.00 e. The minimum absolute atomic E-state index is 0. The topological polar surface area (TPSA) is 242 Å². The zero-order valence-corrected chi connectivity index (χ0v) is 30.9. The molecule has 0 unspecified atom stereocenters. The third-order valence-electron chi connectivity index (χ3n) is 5.90. The van der Waals surface area contributed by atoms with Gasteiger partial charge in [-0.05, 0) is 66.5 Å². The molecule has 25 heteroatoms. The summed E-state index contributed by atoms with van der Waals surface area (Å²) in [6.45, 7) is 11.2. The van der Waals surface area contributed by atoms with E-state index in [1.54, 1.807) is 27.7 Å². The van der Waals surface area contributed by atoms with E-state index in [0.29, 0.717) is 0 Å². The third-order valence-corrected chi connectivity index (χ3v) is 7.04. The second-order valence-corrected chi connectivity index (χ2v) is 12.4. The number of carbonyl (C=O) groups excluding carboxylic acids is 4. The van der Waals surface area contributed by atoms with Crippen molar-refractivity contribution in [1.29, 1.82) is 0 Å². The number of carbonyl (C=O) groups is 4. The van der Waals surface area contributed by atoms with Crippen LogP contribution in [-0.2, 0) is 91.0 Å². The minimum Gasteiger partial charge on any atom is -0.741 e. The Morgan fingerprint density at radius 1 is 0.654 bits per heavy atom. The van der Waals surface area contributed by atoms with Gasteiger partial charge in [0.2, 0.25) is 10.8 Å². The molecule has 2 heterocycles. The number of hydrogen-bond acceptors (Lipinski definition) is 16. The summed E-state index contributed by atoms with van der Waals surface area (Å²) < 4.78 is 143. The van der Waals surface area contributed by atoms with E-state index in [0.717, 1.165) is 13.2 Å². The van der Waals surface area contributed by atoms with Gasteiger partial charge in [0.05, 0.1) is 37.8 Å². The second-order valence-electron chi connectivity index (χ2n) is 9.66. The monoisotopic (exact) mass is 856 g/mol. The molecule has 0 aliphatic carbocycles. The van der Waals surface area contributed by atoms with Gasteiger partial charge in [-0.1, -0.05) is 6.07 Å². The minimum atomic E-state index is -6.09. The number of ether oxygens (including phenoxy) is 5. The maximum absolute atomic E-state index is 12.7. The zero-order chi connectivity index (χ0) is 40.5. The smallest absolute Gasteiger partial charge is 0.741 e. The molecule has 1 aliphatic rings. The molecule has 0 bridgehead atoms. The maximum atomic E-state index is 12.7. The predicted molar refractivity (Wildman–Crippen MR) is 157 cm³/mol. The molecule has 1 fully saturated rings. The molecule has 2 rings (SSSR count). The van der Waals surface area contributed by atoms with Gasteiger partial charge < -0.3 is 32.8 Å². The van der Waals surface area contributed by atoms with Crippen molar-refractivity contribution in [2.75, 3.05) is 39.6 Å². The van der Waals surface area contributed by atoms with Gasteiger partial charge in [-0.15, -0.1) is 0 Å². The molecular weight excluding hydrogens is 820 g/mol. The van der Waals surface area contributed by atoms with Crippen molar-refractivity contribution in [1.82, 2.24) is 4.98 Å². The number of rotatable bonds is 10. The van der Waals surface area contributed by atoms with E-state index in [-0.39, 0.29) is 54.9 Å². The van der Waals surface area contributed by atoms with E-state index in [2.05, 4.69) is 4.98 Å². The first kappa shape index (κ1) is 53.3. The second kappa shape index (κ2) is 22.9. The fourth-order valence-corrected chi connectivity index (χ4v) is 3.19. The number of aromatic nitrogens is 1. The van der Waals surface area contributed by atoms with Crippen LogP contribution >= 0.6 is 0 Å². The van der Waals surface area contributed by atoms with E-state index in [9.17, 15) is 45.5 Å². The molecular formula is C27H37CuF6NO15S2. The molecule has 1 radical (unpaired) electrons. The Morgan fingerprint density at radius 2 is 0.885 bits per heavy atom. The van der Waals surface area contributed by atoms with E-state index in [1.807, 2.05) is 0 Å². The van der Waals surface area contributed by atoms with Gasteiger partial charge in [0, 0.05) is 13.2 Å². The molecule has 1 aromatic rings. The van der Waals surface area contributed by atoms with Gasteiger partial charge in [0.1, 0.15) is 0 Å². The summed E-state index contributed by atoms with van der Waals surface area (Å²) in [5.74, 6) is -3.44. The fraction of sp³-hybridized carbons (Fsp3) is 0.667. The average molecular weight is 857 g/mol. The summed E-state index contributed by atoms with van der Waals surface area (Å²) in [6.07, 6.45) is 2.56. The van der Waals surface area contributed by atoms with Crippen LogP contribution in [0.1, 0.15) is 65.8 Å². The summed E-state index contributed by atoms with van der Waals surface area (Å²) in [6, 6.07) is 4.33. The van der Waals surface area contributed by atoms with Crippen molar-refractivity contribution in [3.8, 4) is 0 Å². The van der Waals surface area contributed by atoms with Crippen molar-refractivity contribution in [2.45, 2.75) is 76.2 Å². The number of alkyl halides is 6. The quantitative estimate of drug-likeness (QED) is 0.0625. The maximum Gasteiger partial charge on any atom is 2.00 e. The Balaban J connectivity index is -0.000000876. The molecule has 0 amide bonds. The Kier molecular flexibility index (Phi) is 23.4. The van der Waals surface area contributed by atoms with Gasteiger partial charge >= 0.3 is 52.0 Å². The molecule has 1 aliphatic heterocycles. The van der Waals surface area contributed by atoms with Crippen LogP contribution in [0.5, 0.6) is 0 Å². The molecule has 0 aromatic carbocycles. The summed E-state index contributed by atoms with van der Waals surface area (Å²) in [4.78, 5) is 55.0. The Hall–Kier alpha value is -3.09. The van der Waals surface area contributed by atoms with Crippen LogP contribution in [-0.4, -0.2) is 105 Å². The molecule has 305 valence electrons. The Labute approximate surface area is 306 Å². The molecule has 0 atom stereocenters. The van der Waals surface area contributed by atoms with Crippen molar-refractivity contribution < 1.29 is 112 Å². The number of hydrogen-bond donors (Lipinski definition) is 0. The van der Waals surface area contributed by atoms with Crippen LogP contribution < -0.4 is 0 Å². The van der Waals surface area contributed by atoms with Crippen LogP contribution in [0.2, 0.25) is 0 Å². The van der Waals surface area contributed by atoms with Gasteiger partial charge in [0.15, 0.2) is 20.2 Å². The summed E-state index contributed by atoms with van der Waals surface area (Å²) in [5, 5.41) is 0. The van der Waals surface area contributed by atoms with Crippen LogP contribution in [0.25, 0.3) is 0 Å². The molecule has 1 aromatic heterocycles. The van der Waals surface area contributed by atoms with Crippen LogP contribution in [0.3, 0.4) is 0 Å². The van der Waals surface area contributed by atoms with Gasteiger partial charge in [-0.3, -0.25) is 24.2 Å². The van der Waals surface area contributed by atoms with Gasteiger partial charge in [-0.2, -0.15) is 26.3 Å². The van der Waals surface area contributed by atoms with E-state index in [1.165, 1.54) is 44.9 Å². The van der Waals surface area contributed by atoms with Crippen molar-refractivity contribution in [2.24, 2.45) is 0 Å². The molecule has 0 saturated carbocycles. The first-order valence-electron chi connectivity index (χ1n) is 14.4. The first-order valence-corrected chi connectivity index (χ1v) is 17.2. The summed E-state index contributed by atoms with van der Waals surface area (Å²) in [7, 11) is -12.2. The molecule has 52 heavy (non-hydrogen) atoms. The van der Waals surface area contributed by atoms with Crippen LogP contribution in [0, 0.1) is 0 Å². The predicted octanol–water partition coefficient (Wildman–Crippen LogP) is 2.75. The Bertz CT molecular complexity index is 1370. The summed E-state index contributed by atoms with van der Waals surface area (Å²) >= 11 is 0. The number of esters is 4. The molecule has 1 saturated heterocycles. The number of nitrogens with zero attached hydrogens (tertiary/aromatic N) is 1. The number of pyridine rings is 1. The molecule has 16 nitrogen and oxygen atoms in total. The van der Waals surface area contributed by atoms with E-state index < -0.39 is 66.0 Å². The van der Waals surface area contributed by atoms with E-state index >= 15 is 0 Å². The standard InChI is InChI=1S/C21H29NO8.C4H8O.2CHF3O3S.Cu/c1-7-27-16(23)20(5,17(24)28-8-2)14-12-11-13-15(22-14)21(6,18(25)29-9-3)19(26)30-10-4;1-2-4-5-3-1;2*2-1(3,4)8(5,6)7;/h11-13H,7-10H2,1-6H3;1-4H2;2*(H,5,6,7);/q;;;;+2/p-2. The van der Waals surface area contributed by atoms with Gasteiger partial charge in [-0.25, -0.2) is 16.8 Å². The SMILES string of the molecule is C1CCOC1.CCOC(=O)C(C)(C(=O)OCC)c1cccc(C(C)(C(=O)OCC)C(=O)OCC)n1.O=S(=O)([O-])C(F)(F)F.O=S(=O)([O-])C(F)(F)F.[Cu+2]. The number of halogens is 6. The fourth-order valence-electron chi connectivity index (χ4n) is 3.19. The molecule has 0 spiro atoms. The van der Waals surface area contributed by atoms with Crippen LogP contribution in [0.4, 0.5) is 26.3 Å². The van der Waals surface area contributed by atoms with Crippen molar-refractivity contribution >= 4 is 44.1 Å². The zero-order valence-electron chi connectivity index (χ0n) is 28.3. The molecule has 0 N–H and O–H groups in total. The Morgan fingerprint density at radius 3 is 1.04 bits per heavy atom. The van der Waals surface area contributed by atoms with Gasteiger partial charge in [0.25, 0.3) is 0 Å². The summed E-state index contributed by atoms with van der Waals surface area (Å²) in [5.41, 5.74) is -15.1. The van der Waals surface area contributed by atoms with E-state index in [4.69, 9.17) is 49.6 Å². The van der Waals surface area contributed by atoms with Crippen molar-refractivity contribution in [3.05, 3.63) is 29.6 Å². The third kappa shape index (κ3) is 16.3. The first-order chi connectivity index (χ1) is 23.1.